The van der Waals surface area contributed by atoms with E-state index in [-0.39, 0.29) is 5.78 Å². The summed E-state index contributed by atoms with van der Waals surface area (Å²) in [6, 6.07) is 20.7. The smallest absolute Gasteiger partial charge is 0.343 e. The molecule has 35 heavy (non-hydrogen) atoms. The van der Waals surface area contributed by atoms with Crippen molar-refractivity contribution in [1.29, 1.82) is 0 Å². The highest BCUT2D eigenvalue weighted by Gasteiger charge is 2.21. The van der Waals surface area contributed by atoms with Crippen LogP contribution < -0.4 is 9.47 Å². The van der Waals surface area contributed by atoms with E-state index in [1.54, 1.807) is 24.3 Å². The van der Waals surface area contributed by atoms with Crippen LogP contribution in [0.25, 0.3) is 0 Å². The minimum atomic E-state index is -0.417. The molecule has 0 N–H and O–H groups in total. The Bertz CT molecular complexity index is 1180. The fourth-order valence-electron chi connectivity index (χ4n) is 4.51. The van der Waals surface area contributed by atoms with E-state index in [1.165, 1.54) is 35.6 Å². The van der Waals surface area contributed by atoms with Gasteiger partial charge >= 0.3 is 5.97 Å². The van der Waals surface area contributed by atoms with Crippen molar-refractivity contribution in [2.24, 2.45) is 0 Å². The Morgan fingerprint density at radius 2 is 1.63 bits per heavy atom. The number of hydrogen-bond acceptors (Lipinski definition) is 4. The lowest BCUT2D eigenvalue weighted by Crippen LogP contribution is -2.14. The molecule has 0 radical (unpaired) electrons. The van der Waals surface area contributed by atoms with Crippen molar-refractivity contribution >= 4 is 11.8 Å². The number of rotatable bonds is 10. The fraction of sp³-hybridized carbons (Fsp3) is 0.290. The molecule has 1 aliphatic carbocycles. The van der Waals surface area contributed by atoms with Gasteiger partial charge in [0.05, 0.1) is 12.2 Å². The minimum absolute atomic E-state index is 0.167. The van der Waals surface area contributed by atoms with Gasteiger partial charge in [0.15, 0.2) is 5.78 Å². The quantitative estimate of drug-likeness (QED) is 0.105. The molecule has 1 unspecified atom stereocenters. The third-order valence-electron chi connectivity index (χ3n) is 6.58. The maximum atomic E-state index is 12.6. The first kappa shape index (κ1) is 24.5. The van der Waals surface area contributed by atoms with Crippen molar-refractivity contribution in [2.75, 3.05) is 6.61 Å². The Morgan fingerprint density at radius 3 is 2.34 bits per heavy atom. The molecule has 0 fully saturated rings. The number of aryl methyl sites for hydroxylation is 1. The first-order valence-corrected chi connectivity index (χ1v) is 12.4. The number of carbonyl (C=O) groups is 2. The lowest BCUT2D eigenvalue weighted by atomic mass is 9.80. The number of carbonyl (C=O) groups excluding carboxylic acids is 2. The maximum absolute atomic E-state index is 12.6. The van der Waals surface area contributed by atoms with Crippen LogP contribution in [-0.4, -0.2) is 18.4 Å². The summed E-state index contributed by atoms with van der Waals surface area (Å²) in [5, 5.41) is 0. The zero-order valence-corrected chi connectivity index (χ0v) is 20.3. The summed E-state index contributed by atoms with van der Waals surface area (Å²) >= 11 is 0. The van der Waals surface area contributed by atoms with Crippen LogP contribution in [-0.2, 0) is 12.8 Å². The number of esters is 1. The predicted molar refractivity (Wildman–Crippen MR) is 139 cm³/mol. The third-order valence-corrected chi connectivity index (χ3v) is 6.58. The van der Waals surface area contributed by atoms with E-state index in [2.05, 4.69) is 31.7 Å². The van der Waals surface area contributed by atoms with Crippen LogP contribution in [0.5, 0.6) is 11.5 Å². The molecule has 4 rings (SSSR count). The number of ketones is 1. The fourth-order valence-corrected chi connectivity index (χ4v) is 4.51. The molecule has 4 heteroatoms. The van der Waals surface area contributed by atoms with E-state index in [4.69, 9.17) is 9.47 Å². The number of allylic oxidation sites excluding steroid dienone is 1. The molecule has 0 saturated heterocycles. The largest absolute Gasteiger partial charge is 0.494 e. The van der Waals surface area contributed by atoms with Crippen LogP contribution in [0.1, 0.15) is 75.9 Å². The van der Waals surface area contributed by atoms with Crippen molar-refractivity contribution in [1.82, 2.24) is 0 Å². The average Bonchev–Trinajstić information content (AvgIpc) is 2.91. The summed E-state index contributed by atoms with van der Waals surface area (Å²) in [4.78, 5) is 24.2. The van der Waals surface area contributed by atoms with Gasteiger partial charge in [-0.05, 0) is 103 Å². The number of benzene rings is 3. The average molecular weight is 469 g/mol. The highest BCUT2D eigenvalue weighted by atomic mass is 16.5. The van der Waals surface area contributed by atoms with E-state index in [9.17, 15) is 9.59 Å². The summed E-state index contributed by atoms with van der Waals surface area (Å²) in [6.45, 7) is 6.46. The van der Waals surface area contributed by atoms with Gasteiger partial charge in [-0.3, -0.25) is 4.79 Å². The third kappa shape index (κ3) is 6.27. The molecule has 0 spiro atoms. The number of hydrogen-bond donors (Lipinski definition) is 0. The van der Waals surface area contributed by atoms with Gasteiger partial charge in [0.25, 0.3) is 0 Å². The molecule has 1 aliphatic rings. The van der Waals surface area contributed by atoms with E-state index in [0.29, 0.717) is 22.8 Å². The van der Waals surface area contributed by atoms with Crippen molar-refractivity contribution in [3.63, 3.8) is 0 Å². The van der Waals surface area contributed by atoms with Gasteiger partial charge in [0.2, 0.25) is 0 Å². The highest BCUT2D eigenvalue weighted by Crippen LogP contribution is 2.34. The van der Waals surface area contributed by atoms with Gasteiger partial charge in [0, 0.05) is 5.56 Å². The second-order valence-corrected chi connectivity index (χ2v) is 9.03. The molecule has 3 aromatic rings. The predicted octanol–water partition coefficient (Wildman–Crippen LogP) is 7.12. The van der Waals surface area contributed by atoms with E-state index >= 15 is 0 Å². The molecule has 3 aromatic carbocycles. The van der Waals surface area contributed by atoms with Gasteiger partial charge < -0.3 is 9.47 Å². The SMILES string of the molecule is C=CC(=O)c1ccc(OC(=O)c2ccc(C3CCc4cc(OCCCCC)ccc4C3)cc2)cc1. The molecule has 0 bridgehead atoms. The molecular weight excluding hydrogens is 436 g/mol. The van der Waals surface area contributed by atoms with Crippen LogP contribution in [0.15, 0.2) is 79.4 Å². The van der Waals surface area contributed by atoms with Crippen LogP contribution >= 0.6 is 0 Å². The van der Waals surface area contributed by atoms with E-state index in [0.717, 1.165) is 38.0 Å². The Kier molecular flexibility index (Phi) is 8.15. The maximum Gasteiger partial charge on any atom is 0.343 e. The summed E-state index contributed by atoms with van der Waals surface area (Å²) in [5.41, 5.74) is 5.01. The van der Waals surface area contributed by atoms with Crippen molar-refractivity contribution < 1.29 is 19.1 Å². The van der Waals surface area contributed by atoms with Crippen LogP contribution in [0.3, 0.4) is 0 Å². The van der Waals surface area contributed by atoms with Gasteiger partial charge in [-0.1, -0.05) is 44.5 Å². The van der Waals surface area contributed by atoms with Gasteiger partial charge in [-0.2, -0.15) is 0 Å². The molecule has 0 amide bonds. The number of ether oxygens (including phenoxy) is 2. The number of unbranched alkanes of at least 4 members (excludes halogenated alkanes) is 2. The van der Waals surface area contributed by atoms with E-state index < -0.39 is 5.97 Å². The van der Waals surface area contributed by atoms with E-state index in [1.807, 2.05) is 24.3 Å². The zero-order chi connectivity index (χ0) is 24.6. The summed E-state index contributed by atoms with van der Waals surface area (Å²) in [7, 11) is 0. The van der Waals surface area contributed by atoms with Crippen LogP contribution in [0.2, 0.25) is 0 Å². The first-order chi connectivity index (χ1) is 17.1. The zero-order valence-electron chi connectivity index (χ0n) is 20.3. The molecule has 0 heterocycles. The number of fused-ring (bicyclic) bond motifs is 1. The van der Waals surface area contributed by atoms with Gasteiger partial charge in [-0.15, -0.1) is 0 Å². The van der Waals surface area contributed by atoms with Crippen molar-refractivity contribution in [2.45, 2.75) is 51.4 Å². The topological polar surface area (TPSA) is 52.6 Å². The Balaban J connectivity index is 1.34. The lowest BCUT2D eigenvalue weighted by Gasteiger charge is -2.25. The molecule has 180 valence electrons. The van der Waals surface area contributed by atoms with Crippen LogP contribution in [0.4, 0.5) is 0 Å². The second-order valence-electron chi connectivity index (χ2n) is 9.03. The monoisotopic (exact) mass is 468 g/mol. The van der Waals surface area contributed by atoms with Crippen LogP contribution in [0, 0.1) is 0 Å². The molecule has 0 aliphatic heterocycles. The first-order valence-electron chi connectivity index (χ1n) is 12.4. The molecule has 0 aromatic heterocycles. The Labute approximate surface area is 207 Å². The molecule has 4 nitrogen and oxygen atoms in total. The molecule has 0 saturated carbocycles. The summed E-state index contributed by atoms with van der Waals surface area (Å²) < 4.78 is 11.4. The normalized spacial score (nSPS) is 14.6. The second kappa shape index (κ2) is 11.7. The minimum Gasteiger partial charge on any atom is -0.494 e. The summed E-state index contributed by atoms with van der Waals surface area (Å²) in [6.07, 6.45) is 7.85. The Morgan fingerprint density at radius 1 is 0.914 bits per heavy atom. The molecule has 1 atom stereocenters. The standard InChI is InChI=1S/C31H32O4/c1-3-5-6-19-34-29-18-15-26-20-25(11-12-27(26)21-29)22-7-9-24(10-8-22)31(33)35-28-16-13-23(14-17-28)30(32)4-2/h4,7-10,13-18,21,25H,2-3,5-6,11-12,19-20H2,1H3. The van der Waals surface area contributed by atoms with Crippen molar-refractivity contribution in [3.05, 3.63) is 107 Å². The summed E-state index contributed by atoms with van der Waals surface area (Å²) in [5.74, 6) is 1.22. The molecular formula is C31H32O4. The lowest BCUT2D eigenvalue weighted by molar-refractivity contribution is 0.0734. The Hall–Kier alpha value is -3.66. The highest BCUT2D eigenvalue weighted by molar-refractivity contribution is 6.04. The van der Waals surface area contributed by atoms with Gasteiger partial charge in [0.1, 0.15) is 11.5 Å². The van der Waals surface area contributed by atoms with Gasteiger partial charge in [-0.25, -0.2) is 4.79 Å². The van der Waals surface area contributed by atoms with Crippen molar-refractivity contribution in [3.8, 4) is 11.5 Å².